The second-order valence-corrected chi connectivity index (χ2v) is 5.83. The first-order valence-corrected chi connectivity index (χ1v) is 7.91. The fraction of sp³-hybridized carbons (Fsp3) is 0.438. The second-order valence-electron chi connectivity index (χ2n) is 5.30. The van der Waals surface area contributed by atoms with E-state index in [0.717, 1.165) is 13.0 Å². The summed E-state index contributed by atoms with van der Waals surface area (Å²) in [5, 5.41) is 4.33. The van der Waals surface area contributed by atoms with Gasteiger partial charge in [0, 0.05) is 29.9 Å². The fourth-order valence-electron chi connectivity index (χ4n) is 2.42. The van der Waals surface area contributed by atoms with E-state index >= 15 is 0 Å². The zero-order chi connectivity index (χ0) is 14.6. The molecule has 2 aromatic rings. The van der Waals surface area contributed by atoms with Gasteiger partial charge in [-0.1, -0.05) is 29.8 Å². The molecule has 1 aromatic heterocycles. The predicted molar refractivity (Wildman–Crippen MR) is 85.9 cm³/mol. The molecule has 4 heteroatoms. The van der Waals surface area contributed by atoms with Gasteiger partial charge in [-0.15, -0.1) is 23.2 Å². The first-order chi connectivity index (χ1) is 9.63. The van der Waals surface area contributed by atoms with E-state index in [0.29, 0.717) is 11.8 Å². The zero-order valence-corrected chi connectivity index (χ0v) is 13.5. The number of hydrogen-bond acceptors (Lipinski definition) is 1. The number of benzene rings is 1. The lowest BCUT2D eigenvalue weighted by atomic mass is 9.79. The van der Waals surface area contributed by atoms with Crippen molar-refractivity contribution in [2.24, 2.45) is 0 Å². The lowest BCUT2D eigenvalue weighted by molar-refractivity contribution is 0.535. The van der Waals surface area contributed by atoms with Crippen LogP contribution in [0.5, 0.6) is 0 Å². The van der Waals surface area contributed by atoms with E-state index in [9.17, 15) is 0 Å². The molecule has 0 radical (unpaired) electrons. The summed E-state index contributed by atoms with van der Waals surface area (Å²) in [6, 6.07) is 8.44. The van der Waals surface area contributed by atoms with Crippen LogP contribution in [0.4, 0.5) is 0 Å². The highest BCUT2D eigenvalue weighted by molar-refractivity contribution is 6.22. The van der Waals surface area contributed by atoms with E-state index in [2.05, 4.69) is 49.4 Å². The third-order valence-electron chi connectivity index (χ3n) is 3.70. The molecule has 0 saturated carbocycles. The van der Waals surface area contributed by atoms with Crippen molar-refractivity contribution in [3.05, 3.63) is 53.3 Å². The van der Waals surface area contributed by atoms with Crippen molar-refractivity contribution >= 4 is 23.2 Å². The van der Waals surface area contributed by atoms with Crippen LogP contribution in [0.2, 0.25) is 0 Å². The lowest BCUT2D eigenvalue weighted by Gasteiger charge is -2.30. The highest BCUT2D eigenvalue weighted by Gasteiger charge is 2.31. The second kappa shape index (κ2) is 6.64. The molecule has 2 nitrogen and oxygen atoms in total. The van der Waals surface area contributed by atoms with Gasteiger partial charge < -0.3 is 0 Å². The molecule has 2 rings (SSSR count). The highest BCUT2D eigenvalue weighted by Crippen LogP contribution is 2.32. The molecule has 0 aliphatic carbocycles. The van der Waals surface area contributed by atoms with Crippen LogP contribution in [0.25, 0.3) is 0 Å². The SMILES string of the molecule is CCn1cc(CC(CCl)(CCl)c2cccc(C)c2)cn1. The van der Waals surface area contributed by atoms with Gasteiger partial charge >= 0.3 is 0 Å². The summed E-state index contributed by atoms with van der Waals surface area (Å²) in [7, 11) is 0. The summed E-state index contributed by atoms with van der Waals surface area (Å²) in [5.74, 6) is 0.995. The maximum atomic E-state index is 6.29. The third-order valence-corrected chi connectivity index (χ3v) is 4.72. The van der Waals surface area contributed by atoms with Crippen LogP contribution in [-0.2, 0) is 18.4 Å². The van der Waals surface area contributed by atoms with Crippen LogP contribution in [0, 0.1) is 6.92 Å². The smallest absolute Gasteiger partial charge is 0.0522 e. The molecule has 108 valence electrons. The van der Waals surface area contributed by atoms with Crippen molar-refractivity contribution in [3.8, 4) is 0 Å². The van der Waals surface area contributed by atoms with Gasteiger partial charge in [0.2, 0.25) is 0 Å². The van der Waals surface area contributed by atoms with Crippen molar-refractivity contribution in [3.63, 3.8) is 0 Å². The van der Waals surface area contributed by atoms with Crippen LogP contribution in [0.3, 0.4) is 0 Å². The van der Waals surface area contributed by atoms with Crippen molar-refractivity contribution < 1.29 is 0 Å². The van der Waals surface area contributed by atoms with Crippen LogP contribution in [-0.4, -0.2) is 21.5 Å². The van der Waals surface area contributed by atoms with Gasteiger partial charge in [-0.25, -0.2) is 0 Å². The normalized spacial score (nSPS) is 11.8. The summed E-state index contributed by atoms with van der Waals surface area (Å²) in [6.45, 7) is 5.04. The van der Waals surface area contributed by atoms with E-state index in [1.54, 1.807) is 0 Å². The molecule has 0 amide bonds. The Kier molecular flexibility index (Phi) is 5.11. The summed E-state index contributed by atoms with van der Waals surface area (Å²) in [4.78, 5) is 0. The van der Waals surface area contributed by atoms with Crippen molar-refractivity contribution in [1.29, 1.82) is 0 Å². The molecule has 0 unspecified atom stereocenters. The molecule has 0 bridgehead atoms. The Morgan fingerprint density at radius 3 is 2.55 bits per heavy atom. The fourth-order valence-corrected chi connectivity index (χ4v) is 3.21. The highest BCUT2D eigenvalue weighted by atomic mass is 35.5. The lowest BCUT2D eigenvalue weighted by Crippen LogP contribution is -2.33. The van der Waals surface area contributed by atoms with Crippen LogP contribution >= 0.6 is 23.2 Å². The average molecular weight is 311 g/mol. The molecule has 0 fully saturated rings. The monoisotopic (exact) mass is 310 g/mol. The maximum Gasteiger partial charge on any atom is 0.0522 e. The van der Waals surface area contributed by atoms with E-state index in [1.165, 1.54) is 16.7 Å². The van der Waals surface area contributed by atoms with E-state index in [4.69, 9.17) is 23.2 Å². The van der Waals surface area contributed by atoms with Gasteiger partial charge in [0.15, 0.2) is 0 Å². The Bertz CT molecular complexity index is 559. The van der Waals surface area contributed by atoms with Crippen molar-refractivity contribution in [2.45, 2.75) is 32.2 Å². The molecule has 0 atom stereocenters. The molecule has 0 spiro atoms. The number of aromatic nitrogens is 2. The first-order valence-electron chi connectivity index (χ1n) is 6.84. The van der Waals surface area contributed by atoms with Crippen LogP contribution < -0.4 is 0 Å². The predicted octanol–water partition coefficient (Wildman–Crippen LogP) is 4.17. The molecule has 20 heavy (non-hydrogen) atoms. The summed E-state index contributed by atoms with van der Waals surface area (Å²) in [6.07, 6.45) is 4.79. The third kappa shape index (κ3) is 3.18. The first kappa shape index (κ1) is 15.4. The van der Waals surface area contributed by atoms with Gasteiger partial charge in [-0.3, -0.25) is 4.68 Å². The van der Waals surface area contributed by atoms with Gasteiger partial charge in [0.25, 0.3) is 0 Å². The van der Waals surface area contributed by atoms with Crippen molar-refractivity contribution in [2.75, 3.05) is 11.8 Å². The maximum absolute atomic E-state index is 6.29. The summed E-state index contributed by atoms with van der Waals surface area (Å²) in [5.41, 5.74) is 3.37. The van der Waals surface area contributed by atoms with Gasteiger partial charge in [0.05, 0.1) is 6.20 Å². The Morgan fingerprint density at radius 2 is 2.00 bits per heavy atom. The molecule has 0 N–H and O–H groups in total. The molecule has 1 aromatic carbocycles. The number of nitrogens with zero attached hydrogens (tertiary/aromatic N) is 2. The molecular formula is C16H20Cl2N2. The Balaban J connectivity index is 2.33. The van der Waals surface area contributed by atoms with E-state index < -0.39 is 0 Å². The number of halogens is 2. The van der Waals surface area contributed by atoms with E-state index in [1.807, 2.05) is 10.9 Å². The molecular weight excluding hydrogens is 291 g/mol. The standard InChI is InChI=1S/C16H20Cl2N2/c1-3-20-10-14(9-19-20)8-16(11-17,12-18)15-6-4-5-13(2)7-15/h4-7,9-10H,3,8,11-12H2,1-2H3. The molecule has 1 heterocycles. The van der Waals surface area contributed by atoms with Gasteiger partial charge in [-0.2, -0.15) is 5.10 Å². The van der Waals surface area contributed by atoms with Crippen molar-refractivity contribution in [1.82, 2.24) is 9.78 Å². The van der Waals surface area contributed by atoms with Crippen LogP contribution in [0.15, 0.2) is 36.7 Å². The van der Waals surface area contributed by atoms with Gasteiger partial charge in [-0.05, 0) is 31.4 Å². The number of aryl methyl sites for hydroxylation is 2. The Morgan fingerprint density at radius 1 is 1.25 bits per heavy atom. The largest absolute Gasteiger partial charge is 0.273 e. The number of alkyl halides is 2. The van der Waals surface area contributed by atoms with Gasteiger partial charge in [0.1, 0.15) is 0 Å². The number of rotatable bonds is 6. The minimum absolute atomic E-state index is 0.239. The summed E-state index contributed by atoms with van der Waals surface area (Å²) < 4.78 is 1.93. The molecule has 0 saturated heterocycles. The minimum atomic E-state index is -0.239. The topological polar surface area (TPSA) is 17.8 Å². The average Bonchev–Trinajstić information content (AvgIpc) is 2.92. The van der Waals surface area contributed by atoms with E-state index in [-0.39, 0.29) is 5.41 Å². The minimum Gasteiger partial charge on any atom is -0.273 e. The van der Waals surface area contributed by atoms with Crippen LogP contribution in [0.1, 0.15) is 23.6 Å². The Labute approximate surface area is 130 Å². The zero-order valence-electron chi connectivity index (χ0n) is 11.9. The summed E-state index contributed by atoms with van der Waals surface area (Å²) >= 11 is 12.6. The molecule has 0 aliphatic heterocycles. The molecule has 0 aliphatic rings. The quantitative estimate of drug-likeness (QED) is 0.732. The number of hydrogen-bond donors (Lipinski definition) is 0. The Hall–Kier alpha value is -0.990.